The van der Waals surface area contributed by atoms with Gasteiger partial charge in [-0.25, -0.2) is 4.98 Å². The molecule has 0 spiro atoms. The first kappa shape index (κ1) is 22.5. The van der Waals surface area contributed by atoms with Gasteiger partial charge in [-0.1, -0.05) is 121 Å². The molecular formula is C37H25NS. The molecule has 1 aliphatic carbocycles. The molecule has 0 fully saturated rings. The van der Waals surface area contributed by atoms with Crippen molar-refractivity contribution in [2.45, 2.75) is 12.3 Å². The molecule has 0 aliphatic heterocycles. The van der Waals surface area contributed by atoms with Crippen LogP contribution in [0.15, 0.2) is 121 Å². The van der Waals surface area contributed by atoms with Crippen LogP contribution in [0, 0.1) is 0 Å². The number of aromatic nitrogens is 1. The van der Waals surface area contributed by atoms with Crippen LogP contribution in [-0.4, -0.2) is 4.98 Å². The van der Waals surface area contributed by atoms with Crippen LogP contribution in [0.1, 0.15) is 17.9 Å². The molecule has 0 amide bonds. The molecule has 6 aromatic carbocycles. The van der Waals surface area contributed by atoms with Crippen LogP contribution >= 0.6 is 11.3 Å². The van der Waals surface area contributed by atoms with Crippen LogP contribution in [0.4, 0.5) is 0 Å². The van der Waals surface area contributed by atoms with E-state index >= 15 is 0 Å². The minimum Gasteiger partial charge on any atom is -0.236 e. The minimum atomic E-state index is 0.338. The normalized spacial score (nSPS) is 14.7. The highest BCUT2D eigenvalue weighted by Crippen LogP contribution is 2.44. The van der Waals surface area contributed by atoms with Gasteiger partial charge in [0.2, 0.25) is 0 Å². The standard InChI is InChI=1S/C37H25NS/c1-2-10-27-23-28(22-17-24(27)9-1)36-31-13-5-3-11-29(31)35(30-12-4-6-14-32(30)36)25-18-20-26(21-19-25)37-38-33-15-7-8-16-34(33)39-37/h1-21,23,28H,22H2. The predicted molar refractivity (Wildman–Crippen MR) is 167 cm³/mol. The average Bonchev–Trinajstić information content (AvgIpc) is 3.44. The summed E-state index contributed by atoms with van der Waals surface area (Å²) in [5.41, 5.74) is 6.20. The summed E-state index contributed by atoms with van der Waals surface area (Å²) < 4.78 is 1.23. The zero-order valence-corrected chi connectivity index (χ0v) is 22.2. The van der Waals surface area contributed by atoms with Crippen LogP contribution in [0.25, 0.3) is 65.6 Å². The van der Waals surface area contributed by atoms with Gasteiger partial charge in [0.1, 0.15) is 5.01 Å². The third-order valence-corrected chi connectivity index (χ3v) is 9.11. The van der Waals surface area contributed by atoms with Gasteiger partial charge in [0, 0.05) is 11.5 Å². The van der Waals surface area contributed by atoms with Gasteiger partial charge >= 0.3 is 0 Å². The van der Waals surface area contributed by atoms with E-state index < -0.39 is 0 Å². The molecule has 1 aliphatic rings. The lowest BCUT2D eigenvalue weighted by Gasteiger charge is -2.22. The van der Waals surface area contributed by atoms with Gasteiger partial charge in [0.15, 0.2) is 0 Å². The predicted octanol–water partition coefficient (Wildman–Crippen LogP) is 8.69. The van der Waals surface area contributed by atoms with E-state index in [-0.39, 0.29) is 0 Å². The summed E-state index contributed by atoms with van der Waals surface area (Å²) in [6.45, 7) is 0. The zero-order chi connectivity index (χ0) is 25.8. The highest BCUT2D eigenvalue weighted by Gasteiger charge is 2.20. The second kappa shape index (κ2) is 9.04. The number of nitrogens with zero attached hydrogens (tertiary/aromatic N) is 1. The Hall–Kier alpha value is -4.53. The van der Waals surface area contributed by atoms with Crippen molar-refractivity contribution in [3.63, 3.8) is 0 Å². The van der Waals surface area contributed by atoms with Crippen LogP contribution < -0.4 is 10.4 Å². The molecule has 1 nitrogen and oxygen atoms in total. The largest absolute Gasteiger partial charge is 0.236 e. The number of hydrogen-bond acceptors (Lipinski definition) is 2. The maximum Gasteiger partial charge on any atom is 0.124 e. The van der Waals surface area contributed by atoms with Crippen molar-refractivity contribution < 1.29 is 0 Å². The van der Waals surface area contributed by atoms with Crippen LogP contribution in [0.5, 0.6) is 0 Å². The summed E-state index contributed by atoms with van der Waals surface area (Å²) in [4.78, 5) is 4.88. The SMILES string of the molecule is C1=c2ccccc2=CC(c2c3ccccc3c(-c3ccc(-c4nc5ccccc5s4)cc3)c3ccccc23)C1. The van der Waals surface area contributed by atoms with Gasteiger partial charge in [-0.05, 0) is 67.2 Å². The van der Waals surface area contributed by atoms with Crippen LogP contribution in [0.3, 0.4) is 0 Å². The summed E-state index contributed by atoms with van der Waals surface area (Å²) in [5.74, 6) is 0.338. The summed E-state index contributed by atoms with van der Waals surface area (Å²) >= 11 is 1.75. The summed E-state index contributed by atoms with van der Waals surface area (Å²) in [7, 11) is 0. The maximum atomic E-state index is 4.88. The molecule has 1 unspecified atom stereocenters. The highest BCUT2D eigenvalue weighted by atomic mass is 32.1. The fraction of sp³-hybridized carbons (Fsp3) is 0.0541. The quantitative estimate of drug-likeness (QED) is 0.215. The topological polar surface area (TPSA) is 12.9 Å². The molecule has 0 N–H and O–H groups in total. The first-order chi connectivity index (χ1) is 19.3. The summed E-state index contributed by atoms with van der Waals surface area (Å²) in [6, 6.07) is 44.0. The molecule has 0 saturated heterocycles. The molecule has 1 aromatic heterocycles. The average molecular weight is 516 g/mol. The van der Waals surface area contributed by atoms with E-state index in [1.54, 1.807) is 11.3 Å². The first-order valence-electron chi connectivity index (χ1n) is 13.5. The van der Waals surface area contributed by atoms with Crippen molar-refractivity contribution in [1.82, 2.24) is 4.98 Å². The van der Waals surface area contributed by atoms with Crippen molar-refractivity contribution in [1.29, 1.82) is 0 Å². The van der Waals surface area contributed by atoms with Crippen LogP contribution in [0.2, 0.25) is 0 Å². The Morgan fingerprint density at radius 1 is 0.564 bits per heavy atom. The van der Waals surface area contributed by atoms with Gasteiger partial charge in [0.05, 0.1) is 10.2 Å². The van der Waals surface area contributed by atoms with Crippen molar-refractivity contribution >= 4 is 55.3 Å². The van der Waals surface area contributed by atoms with Crippen molar-refractivity contribution in [2.75, 3.05) is 0 Å². The Kier molecular flexibility index (Phi) is 5.21. The molecule has 7 aromatic rings. The smallest absolute Gasteiger partial charge is 0.124 e. The van der Waals surface area contributed by atoms with E-state index in [9.17, 15) is 0 Å². The fourth-order valence-corrected chi connectivity index (χ4v) is 7.21. The second-order valence-corrected chi connectivity index (χ2v) is 11.3. The fourth-order valence-electron chi connectivity index (χ4n) is 6.24. The lowest BCUT2D eigenvalue weighted by atomic mass is 9.81. The number of para-hydroxylation sites is 1. The molecule has 0 bridgehead atoms. The summed E-state index contributed by atoms with van der Waals surface area (Å²) in [5, 5.41) is 9.05. The monoisotopic (exact) mass is 515 g/mol. The van der Waals surface area contributed by atoms with Crippen molar-refractivity contribution in [3.8, 4) is 21.7 Å². The molecule has 0 saturated carbocycles. The number of thiazole rings is 1. The second-order valence-electron chi connectivity index (χ2n) is 10.3. The minimum absolute atomic E-state index is 0.338. The number of hydrogen-bond donors (Lipinski definition) is 0. The molecular weight excluding hydrogens is 490 g/mol. The van der Waals surface area contributed by atoms with Crippen molar-refractivity contribution in [2.24, 2.45) is 0 Å². The van der Waals surface area contributed by atoms with E-state index in [0.29, 0.717) is 5.92 Å². The van der Waals surface area contributed by atoms with E-state index in [1.165, 1.54) is 53.4 Å². The molecule has 2 heteroatoms. The lowest BCUT2D eigenvalue weighted by Crippen LogP contribution is -2.27. The van der Waals surface area contributed by atoms with Gasteiger partial charge in [-0.15, -0.1) is 11.3 Å². The van der Waals surface area contributed by atoms with Crippen molar-refractivity contribution in [3.05, 3.63) is 137 Å². The molecule has 0 radical (unpaired) electrons. The molecule has 39 heavy (non-hydrogen) atoms. The number of benzene rings is 6. The van der Waals surface area contributed by atoms with Crippen LogP contribution in [-0.2, 0) is 0 Å². The third kappa shape index (κ3) is 3.71. The Balaban J connectivity index is 1.32. The Bertz CT molecular complexity index is 2060. The molecule has 1 heterocycles. The van der Waals surface area contributed by atoms with E-state index in [1.807, 2.05) is 0 Å². The Morgan fingerprint density at radius 3 is 1.87 bits per heavy atom. The first-order valence-corrected chi connectivity index (χ1v) is 14.3. The van der Waals surface area contributed by atoms with E-state index in [0.717, 1.165) is 22.5 Å². The highest BCUT2D eigenvalue weighted by molar-refractivity contribution is 7.21. The van der Waals surface area contributed by atoms with Gasteiger partial charge < -0.3 is 0 Å². The lowest BCUT2D eigenvalue weighted by molar-refractivity contribution is 0.940. The molecule has 184 valence electrons. The Morgan fingerprint density at radius 2 is 1.15 bits per heavy atom. The van der Waals surface area contributed by atoms with E-state index in [4.69, 9.17) is 4.98 Å². The zero-order valence-electron chi connectivity index (χ0n) is 21.3. The third-order valence-electron chi connectivity index (χ3n) is 8.03. The maximum absolute atomic E-state index is 4.88. The molecule has 8 rings (SSSR count). The number of rotatable bonds is 3. The van der Waals surface area contributed by atoms with E-state index in [2.05, 4.69) is 133 Å². The summed E-state index contributed by atoms with van der Waals surface area (Å²) in [6.07, 6.45) is 5.88. The molecule has 1 atom stereocenters. The Labute approximate surface area is 231 Å². The van der Waals surface area contributed by atoms with Gasteiger partial charge in [-0.2, -0.15) is 0 Å². The number of fused-ring (bicyclic) bond motifs is 4. The van der Waals surface area contributed by atoms with Gasteiger partial charge in [0.25, 0.3) is 0 Å². The van der Waals surface area contributed by atoms with Gasteiger partial charge in [-0.3, -0.25) is 0 Å².